The molecule has 0 unspecified atom stereocenters. The van der Waals surface area contributed by atoms with Crippen LogP contribution >= 0.6 is 23.4 Å². The first-order valence-electron chi connectivity index (χ1n) is 7.99. The number of carboxylic acids is 1. The number of hydrogen-bond acceptors (Lipinski definition) is 6. The second kappa shape index (κ2) is 8.06. The molecule has 0 bridgehead atoms. The van der Waals surface area contributed by atoms with Crippen LogP contribution in [0.3, 0.4) is 0 Å². The number of hydrogen-bond donors (Lipinski definition) is 2. The van der Waals surface area contributed by atoms with Gasteiger partial charge in [-0.3, -0.25) is 9.59 Å². The minimum atomic E-state index is -1.06. The van der Waals surface area contributed by atoms with Crippen LogP contribution in [0, 0.1) is 0 Å². The first-order valence-corrected chi connectivity index (χ1v) is 9.31. The van der Waals surface area contributed by atoms with Crippen LogP contribution in [0.5, 0.6) is 11.5 Å². The Kier molecular flexibility index (Phi) is 5.76. The molecule has 2 atom stereocenters. The second-order valence-electron chi connectivity index (χ2n) is 5.77. The number of para-hydroxylation sites is 1. The van der Waals surface area contributed by atoms with Gasteiger partial charge in [-0.15, -0.1) is 11.8 Å². The van der Waals surface area contributed by atoms with Crippen molar-refractivity contribution < 1.29 is 24.2 Å². The number of halogens is 1. The topological polar surface area (TPSA) is 97.8 Å². The number of nitrogens with one attached hydrogen (secondary N) is 1. The number of aromatic nitrogens is 1. The molecule has 7 nitrogen and oxygen atoms in total. The molecule has 1 aliphatic heterocycles. The molecule has 0 aliphatic carbocycles. The Hall–Kier alpha value is -2.45. The molecular formula is C18H17ClN2O5S. The third-order valence-corrected chi connectivity index (χ3v) is 5.77. The zero-order valence-electron chi connectivity index (χ0n) is 14.6. The molecule has 2 aromatic rings. The summed E-state index contributed by atoms with van der Waals surface area (Å²) >= 11 is 7.35. The van der Waals surface area contributed by atoms with Gasteiger partial charge in [0.05, 0.1) is 36.2 Å². The summed E-state index contributed by atoms with van der Waals surface area (Å²) in [6.07, 6.45) is 1.11. The van der Waals surface area contributed by atoms with Gasteiger partial charge in [0, 0.05) is 17.3 Å². The molecule has 1 amide bonds. The van der Waals surface area contributed by atoms with Crippen LogP contribution < -0.4 is 14.8 Å². The number of nitrogens with zero attached hydrogens (tertiary/aromatic N) is 1. The first-order chi connectivity index (χ1) is 12.9. The molecule has 3 rings (SSSR count). The van der Waals surface area contributed by atoms with E-state index in [9.17, 15) is 14.7 Å². The van der Waals surface area contributed by atoms with E-state index in [1.54, 1.807) is 18.2 Å². The number of ether oxygens (including phenoxy) is 2. The quantitative estimate of drug-likeness (QED) is 0.782. The van der Waals surface area contributed by atoms with Gasteiger partial charge in [0.15, 0.2) is 11.5 Å². The van der Waals surface area contributed by atoms with E-state index in [0.29, 0.717) is 27.9 Å². The number of pyridine rings is 1. The highest BCUT2D eigenvalue weighted by Crippen LogP contribution is 2.49. The summed E-state index contributed by atoms with van der Waals surface area (Å²) in [7, 11) is 3.06. The lowest BCUT2D eigenvalue weighted by Gasteiger charge is -2.22. The molecule has 0 fully saturated rings. The maximum Gasteiger partial charge on any atom is 0.305 e. The van der Waals surface area contributed by atoms with Crippen molar-refractivity contribution in [3.8, 4) is 11.5 Å². The summed E-state index contributed by atoms with van der Waals surface area (Å²) in [5.74, 6) is -0.0873. The number of anilines is 1. The summed E-state index contributed by atoms with van der Waals surface area (Å²) in [5, 5.41) is 11.1. The molecular weight excluding hydrogens is 392 g/mol. The molecule has 2 N–H and O–H groups in total. The molecule has 0 spiro atoms. The van der Waals surface area contributed by atoms with Gasteiger partial charge in [0.2, 0.25) is 5.91 Å². The zero-order valence-corrected chi connectivity index (χ0v) is 16.1. The van der Waals surface area contributed by atoms with Gasteiger partial charge < -0.3 is 19.9 Å². The largest absolute Gasteiger partial charge is 0.493 e. The monoisotopic (exact) mass is 408 g/mol. The maximum absolute atomic E-state index is 12.5. The van der Waals surface area contributed by atoms with Gasteiger partial charge in [0.1, 0.15) is 5.82 Å². The average Bonchev–Trinajstić information content (AvgIpc) is 2.77. The van der Waals surface area contributed by atoms with Crippen LogP contribution in [0.4, 0.5) is 5.82 Å². The Morgan fingerprint density at radius 3 is 2.78 bits per heavy atom. The van der Waals surface area contributed by atoms with Gasteiger partial charge in [-0.05, 0) is 12.1 Å². The summed E-state index contributed by atoms with van der Waals surface area (Å²) in [6.45, 7) is 0. The van der Waals surface area contributed by atoms with E-state index in [-0.39, 0.29) is 6.42 Å². The van der Waals surface area contributed by atoms with Gasteiger partial charge in [-0.1, -0.05) is 23.7 Å². The molecule has 27 heavy (non-hydrogen) atoms. The van der Waals surface area contributed by atoms with Crippen molar-refractivity contribution in [1.82, 2.24) is 4.98 Å². The van der Waals surface area contributed by atoms with Crippen molar-refractivity contribution in [3.63, 3.8) is 0 Å². The first kappa shape index (κ1) is 19.3. The predicted molar refractivity (Wildman–Crippen MR) is 103 cm³/mol. The molecule has 0 saturated heterocycles. The number of methoxy groups -OCH3 is 2. The lowest BCUT2D eigenvalue weighted by molar-refractivity contribution is -0.138. The van der Waals surface area contributed by atoms with Crippen LogP contribution in [0.25, 0.3) is 0 Å². The lowest BCUT2D eigenvalue weighted by Crippen LogP contribution is -2.26. The van der Waals surface area contributed by atoms with E-state index in [0.717, 1.165) is 5.56 Å². The molecule has 1 aromatic heterocycles. The highest BCUT2D eigenvalue weighted by atomic mass is 35.5. The molecule has 1 aliphatic rings. The summed E-state index contributed by atoms with van der Waals surface area (Å²) in [5.41, 5.74) is 1.40. The van der Waals surface area contributed by atoms with Crippen LogP contribution in [0.15, 0.2) is 30.5 Å². The molecule has 0 saturated carbocycles. The number of thioether (sulfide) groups is 1. The number of aliphatic carboxylic acids is 1. The lowest BCUT2D eigenvalue weighted by atomic mass is 10.0. The van der Waals surface area contributed by atoms with Crippen molar-refractivity contribution in [2.75, 3.05) is 19.5 Å². The summed E-state index contributed by atoms with van der Waals surface area (Å²) < 4.78 is 10.9. The van der Waals surface area contributed by atoms with Crippen LogP contribution in [-0.4, -0.2) is 41.4 Å². The minimum absolute atomic E-state index is 0.318. The van der Waals surface area contributed by atoms with E-state index in [4.69, 9.17) is 21.1 Å². The van der Waals surface area contributed by atoms with Gasteiger partial charge in [0.25, 0.3) is 0 Å². The van der Waals surface area contributed by atoms with Crippen LogP contribution in [0.1, 0.15) is 22.8 Å². The third-order valence-electron chi connectivity index (χ3n) is 4.08. The molecule has 142 valence electrons. The summed E-state index contributed by atoms with van der Waals surface area (Å²) in [6, 6.07) is 7.13. The molecule has 2 heterocycles. The standard InChI is InChI=1S/C18H17ClN2O5S/c1-25-12-5-3-4-10(15(12)26-2)16-11-6-9(19)8-20-17(11)21-18(24)13(27-16)7-14(22)23/h3-6,8,13,16H,7H2,1-2H3,(H,22,23)(H,20,21,24)/t13-,16-/m1/s1. The number of amides is 1. The van der Waals surface area contributed by atoms with Crippen molar-refractivity contribution in [2.45, 2.75) is 16.9 Å². The average molecular weight is 409 g/mol. The Balaban J connectivity index is 2.18. The van der Waals surface area contributed by atoms with Gasteiger partial charge in [-0.25, -0.2) is 4.98 Å². The van der Waals surface area contributed by atoms with E-state index in [2.05, 4.69) is 10.3 Å². The van der Waals surface area contributed by atoms with Gasteiger partial charge in [-0.2, -0.15) is 0 Å². The highest BCUT2D eigenvalue weighted by Gasteiger charge is 2.35. The smallest absolute Gasteiger partial charge is 0.305 e. The van der Waals surface area contributed by atoms with Crippen molar-refractivity contribution in [2.24, 2.45) is 0 Å². The second-order valence-corrected chi connectivity index (χ2v) is 7.52. The fourth-order valence-electron chi connectivity index (χ4n) is 2.91. The number of carboxylic acid groups (broad SMARTS) is 1. The summed E-state index contributed by atoms with van der Waals surface area (Å²) in [4.78, 5) is 28.0. The van der Waals surface area contributed by atoms with Crippen molar-refractivity contribution in [3.05, 3.63) is 46.6 Å². The van der Waals surface area contributed by atoms with Crippen LogP contribution in [-0.2, 0) is 9.59 Å². The Bertz CT molecular complexity index is 892. The molecule has 1 aromatic carbocycles. The molecule has 9 heteroatoms. The van der Waals surface area contributed by atoms with E-state index in [1.165, 1.54) is 32.2 Å². The molecule has 0 radical (unpaired) electrons. The Morgan fingerprint density at radius 1 is 1.33 bits per heavy atom. The number of benzene rings is 1. The SMILES string of the molecule is COc1cccc([C@H]2S[C@H](CC(=O)O)C(=O)Nc3ncc(Cl)cc32)c1OC. The van der Waals surface area contributed by atoms with E-state index < -0.39 is 22.4 Å². The van der Waals surface area contributed by atoms with Crippen LogP contribution in [0.2, 0.25) is 5.02 Å². The van der Waals surface area contributed by atoms with Crippen molar-refractivity contribution >= 4 is 41.1 Å². The fourth-order valence-corrected chi connectivity index (χ4v) is 4.49. The predicted octanol–water partition coefficient (Wildman–Crippen LogP) is 3.37. The third kappa shape index (κ3) is 3.96. The normalized spacial score (nSPS) is 18.9. The van der Waals surface area contributed by atoms with E-state index >= 15 is 0 Å². The number of rotatable bonds is 5. The number of fused-ring (bicyclic) bond motifs is 1. The van der Waals surface area contributed by atoms with E-state index in [1.807, 2.05) is 6.07 Å². The fraction of sp³-hybridized carbons (Fsp3) is 0.278. The Morgan fingerprint density at radius 2 is 2.11 bits per heavy atom. The minimum Gasteiger partial charge on any atom is -0.493 e. The maximum atomic E-state index is 12.5. The number of carbonyl (C=O) groups is 2. The van der Waals surface area contributed by atoms with Gasteiger partial charge >= 0.3 is 5.97 Å². The highest BCUT2D eigenvalue weighted by molar-refractivity contribution is 8.01. The number of carbonyl (C=O) groups excluding carboxylic acids is 1. The van der Waals surface area contributed by atoms with Crippen molar-refractivity contribution in [1.29, 1.82) is 0 Å². The zero-order chi connectivity index (χ0) is 19.6. The Labute approximate surface area is 165 Å².